The summed E-state index contributed by atoms with van der Waals surface area (Å²) in [5.74, 6) is 0.0283. The lowest BCUT2D eigenvalue weighted by Crippen LogP contribution is -2.34. The summed E-state index contributed by atoms with van der Waals surface area (Å²) < 4.78 is 15.7. The van der Waals surface area contributed by atoms with E-state index in [1.54, 1.807) is 26.8 Å². The number of nitrogens with zero attached hydrogens (tertiary/aromatic N) is 2. The van der Waals surface area contributed by atoms with Crippen LogP contribution >= 0.6 is 0 Å². The molecule has 0 saturated carbocycles. The first-order chi connectivity index (χ1) is 12.7. The Morgan fingerprint density at radius 2 is 2.22 bits per heavy atom. The Morgan fingerprint density at radius 3 is 2.96 bits per heavy atom. The molecule has 27 heavy (non-hydrogen) atoms. The van der Waals surface area contributed by atoms with Crippen molar-refractivity contribution in [2.45, 2.75) is 38.9 Å². The topological polar surface area (TPSA) is 119 Å². The number of amides is 3. The predicted octanol–water partition coefficient (Wildman–Crippen LogP) is 1.65. The van der Waals surface area contributed by atoms with Crippen molar-refractivity contribution in [2.24, 2.45) is 0 Å². The molecule has 1 fully saturated rings. The molecule has 0 radical (unpaired) electrons. The molecule has 1 atom stereocenters. The molecule has 146 valence electrons. The highest BCUT2D eigenvalue weighted by Gasteiger charge is 2.33. The standard InChI is InChI=1S/C17H22N4O6/c1-17(2,3)27-15(23)18-5-4-11-8-21(16(24)26-11)10-6-12-14(19-7-10)25-9-13(22)20-12/h6-7,11H,4-5,8-9H2,1-3H3,(H,18,23)(H,20,22). The van der Waals surface area contributed by atoms with E-state index >= 15 is 0 Å². The lowest BCUT2D eigenvalue weighted by Gasteiger charge is -2.20. The smallest absolute Gasteiger partial charge is 0.414 e. The number of rotatable bonds is 4. The van der Waals surface area contributed by atoms with E-state index in [4.69, 9.17) is 14.2 Å². The zero-order chi connectivity index (χ0) is 19.6. The van der Waals surface area contributed by atoms with Crippen molar-refractivity contribution in [1.82, 2.24) is 10.3 Å². The van der Waals surface area contributed by atoms with Crippen molar-refractivity contribution < 1.29 is 28.6 Å². The molecule has 2 aliphatic heterocycles. The molecule has 3 heterocycles. The summed E-state index contributed by atoms with van der Waals surface area (Å²) in [4.78, 5) is 40.7. The van der Waals surface area contributed by atoms with E-state index in [0.717, 1.165) is 0 Å². The second-order valence-electron chi connectivity index (χ2n) is 7.22. The fraction of sp³-hybridized carbons (Fsp3) is 0.529. The zero-order valence-electron chi connectivity index (χ0n) is 15.4. The molecule has 10 nitrogen and oxygen atoms in total. The summed E-state index contributed by atoms with van der Waals surface area (Å²) in [6.45, 7) is 5.88. The second-order valence-corrected chi connectivity index (χ2v) is 7.22. The monoisotopic (exact) mass is 378 g/mol. The van der Waals surface area contributed by atoms with Crippen LogP contribution < -0.4 is 20.3 Å². The van der Waals surface area contributed by atoms with Gasteiger partial charge in [0.1, 0.15) is 17.4 Å². The average molecular weight is 378 g/mol. The van der Waals surface area contributed by atoms with Gasteiger partial charge in [-0.25, -0.2) is 14.6 Å². The minimum Gasteiger partial charge on any atom is -0.466 e. The van der Waals surface area contributed by atoms with Crippen LogP contribution in [-0.2, 0) is 14.3 Å². The Kier molecular flexibility index (Phi) is 5.06. The number of hydrogen-bond acceptors (Lipinski definition) is 7. The zero-order valence-corrected chi connectivity index (χ0v) is 15.4. The third kappa shape index (κ3) is 4.78. The number of ether oxygens (including phenoxy) is 3. The number of carbonyl (C=O) groups is 3. The van der Waals surface area contributed by atoms with Gasteiger partial charge in [0.15, 0.2) is 6.61 Å². The second kappa shape index (κ2) is 7.29. The molecule has 2 aliphatic rings. The van der Waals surface area contributed by atoms with Gasteiger partial charge in [-0.15, -0.1) is 0 Å². The van der Waals surface area contributed by atoms with E-state index in [-0.39, 0.29) is 18.6 Å². The van der Waals surface area contributed by atoms with Gasteiger partial charge >= 0.3 is 12.2 Å². The van der Waals surface area contributed by atoms with Gasteiger partial charge in [0.25, 0.3) is 5.91 Å². The van der Waals surface area contributed by atoms with Gasteiger partial charge in [0, 0.05) is 13.0 Å². The highest BCUT2D eigenvalue weighted by atomic mass is 16.6. The Hall–Kier alpha value is -3.04. The van der Waals surface area contributed by atoms with Crippen molar-refractivity contribution in [3.8, 4) is 5.88 Å². The summed E-state index contributed by atoms with van der Waals surface area (Å²) in [7, 11) is 0. The lowest BCUT2D eigenvalue weighted by molar-refractivity contribution is -0.118. The molecular formula is C17H22N4O6. The number of anilines is 2. The highest BCUT2D eigenvalue weighted by Crippen LogP contribution is 2.31. The van der Waals surface area contributed by atoms with Crippen LogP contribution in [0.15, 0.2) is 12.3 Å². The van der Waals surface area contributed by atoms with Crippen LogP contribution in [0, 0.1) is 0 Å². The van der Waals surface area contributed by atoms with E-state index in [1.165, 1.54) is 11.1 Å². The van der Waals surface area contributed by atoms with Gasteiger partial charge in [0.05, 0.1) is 18.4 Å². The van der Waals surface area contributed by atoms with Crippen LogP contribution in [0.3, 0.4) is 0 Å². The number of carbonyl (C=O) groups excluding carboxylic acids is 3. The van der Waals surface area contributed by atoms with Crippen LogP contribution in [0.2, 0.25) is 0 Å². The minimum absolute atomic E-state index is 0.0855. The van der Waals surface area contributed by atoms with Crippen LogP contribution in [0.5, 0.6) is 5.88 Å². The van der Waals surface area contributed by atoms with Crippen molar-refractivity contribution in [3.05, 3.63) is 12.3 Å². The van der Waals surface area contributed by atoms with E-state index in [0.29, 0.717) is 36.8 Å². The van der Waals surface area contributed by atoms with E-state index in [9.17, 15) is 14.4 Å². The van der Waals surface area contributed by atoms with Crippen LogP contribution in [0.25, 0.3) is 0 Å². The predicted molar refractivity (Wildman–Crippen MR) is 94.8 cm³/mol. The van der Waals surface area contributed by atoms with Crippen molar-refractivity contribution in [3.63, 3.8) is 0 Å². The third-order valence-electron chi connectivity index (χ3n) is 3.77. The lowest BCUT2D eigenvalue weighted by atomic mass is 10.2. The summed E-state index contributed by atoms with van der Waals surface area (Å²) in [5, 5.41) is 5.28. The van der Waals surface area contributed by atoms with Gasteiger partial charge < -0.3 is 24.8 Å². The molecule has 3 amide bonds. The van der Waals surface area contributed by atoms with Gasteiger partial charge in [-0.3, -0.25) is 9.69 Å². The molecule has 0 spiro atoms. The number of nitrogens with one attached hydrogen (secondary N) is 2. The quantitative estimate of drug-likeness (QED) is 0.817. The van der Waals surface area contributed by atoms with E-state index in [1.807, 2.05) is 0 Å². The van der Waals surface area contributed by atoms with Crippen LogP contribution in [0.1, 0.15) is 27.2 Å². The number of hydrogen-bond donors (Lipinski definition) is 2. The number of alkyl carbamates (subject to hydrolysis) is 1. The van der Waals surface area contributed by atoms with E-state index in [2.05, 4.69) is 15.6 Å². The van der Waals surface area contributed by atoms with Crippen LogP contribution in [0.4, 0.5) is 21.0 Å². The fourth-order valence-corrected chi connectivity index (χ4v) is 2.65. The SMILES string of the molecule is CC(C)(C)OC(=O)NCCC1CN(c2cnc3c(c2)NC(=O)CO3)C(=O)O1. The number of cyclic esters (lactones) is 1. The summed E-state index contributed by atoms with van der Waals surface area (Å²) in [6, 6.07) is 1.61. The molecule has 0 bridgehead atoms. The first-order valence-corrected chi connectivity index (χ1v) is 8.59. The molecule has 1 saturated heterocycles. The third-order valence-corrected chi connectivity index (χ3v) is 3.77. The maximum absolute atomic E-state index is 12.1. The summed E-state index contributed by atoms with van der Waals surface area (Å²) in [6.07, 6.45) is 0.521. The number of fused-ring (bicyclic) bond motifs is 1. The minimum atomic E-state index is -0.570. The van der Waals surface area contributed by atoms with Crippen molar-refractivity contribution in [2.75, 3.05) is 29.9 Å². The number of pyridine rings is 1. The molecule has 3 rings (SSSR count). The molecule has 10 heteroatoms. The highest BCUT2D eigenvalue weighted by molar-refractivity contribution is 5.96. The Bertz CT molecular complexity index is 760. The summed E-state index contributed by atoms with van der Waals surface area (Å²) in [5.41, 5.74) is 0.331. The molecule has 0 aromatic carbocycles. The van der Waals surface area contributed by atoms with Gasteiger partial charge in [0.2, 0.25) is 5.88 Å². The molecule has 1 aromatic rings. The molecule has 1 aromatic heterocycles. The fourth-order valence-electron chi connectivity index (χ4n) is 2.65. The molecule has 1 unspecified atom stereocenters. The maximum Gasteiger partial charge on any atom is 0.414 e. The molecular weight excluding hydrogens is 356 g/mol. The largest absolute Gasteiger partial charge is 0.466 e. The Labute approximate surface area is 156 Å². The van der Waals surface area contributed by atoms with Crippen LogP contribution in [-0.4, -0.2) is 54.5 Å². The van der Waals surface area contributed by atoms with Gasteiger partial charge in [-0.05, 0) is 26.8 Å². The molecule has 0 aliphatic carbocycles. The van der Waals surface area contributed by atoms with Crippen molar-refractivity contribution in [1.29, 1.82) is 0 Å². The van der Waals surface area contributed by atoms with E-state index < -0.39 is 17.8 Å². The van der Waals surface area contributed by atoms with Gasteiger partial charge in [-0.1, -0.05) is 0 Å². The Balaban J connectivity index is 1.54. The number of aromatic nitrogens is 1. The normalized spacial score (nSPS) is 18.9. The molecule has 2 N–H and O–H groups in total. The average Bonchev–Trinajstić information content (AvgIpc) is 2.93. The first kappa shape index (κ1) is 18.7. The van der Waals surface area contributed by atoms with Gasteiger partial charge in [-0.2, -0.15) is 0 Å². The first-order valence-electron chi connectivity index (χ1n) is 8.59. The summed E-state index contributed by atoms with van der Waals surface area (Å²) >= 11 is 0. The van der Waals surface area contributed by atoms with Crippen molar-refractivity contribution >= 4 is 29.5 Å². The Morgan fingerprint density at radius 1 is 1.44 bits per heavy atom. The maximum atomic E-state index is 12.1.